The van der Waals surface area contributed by atoms with E-state index in [2.05, 4.69) is 0 Å². The van der Waals surface area contributed by atoms with Crippen LogP contribution in [0, 0.1) is 11.6 Å². The normalized spacial score (nSPS) is 12.7. The maximum atomic E-state index is 13.3. The van der Waals surface area contributed by atoms with Crippen LogP contribution in [-0.2, 0) is 0 Å². The number of furan rings is 1. The highest BCUT2D eigenvalue weighted by atomic mass is 35.5. The fourth-order valence-electron chi connectivity index (χ4n) is 1.30. The first kappa shape index (κ1) is 10.2. The van der Waals surface area contributed by atoms with Crippen LogP contribution in [0.25, 0.3) is 0 Å². The summed E-state index contributed by atoms with van der Waals surface area (Å²) in [4.78, 5) is 0. The van der Waals surface area contributed by atoms with Gasteiger partial charge in [-0.15, -0.1) is 11.6 Å². The second kappa shape index (κ2) is 4.03. The summed E-state index contributed by atoms with van der Waals surface area (Å²) >= 11 is 5.95. The minimum absolute atomic E-state index is 0.0756. The van der Waals surface area contributed by atoms with E-state index in [0.29, 0.717) is 5.76 Å². The highest BCUT2D eigenvalue weighted by Crippen LogP contribution is 2.31. The van der Waals surface area contributed by atoms with Gasteiger partial charge in [-0.25, -0.2) is 8.78 Å². The van der Waals surface area contributed by atoms with Gasteiger partial charge in [-0.3, -0.25) is 0 Å². The highest BCUT2D eigenvalue weighted by molar-refractivity contribution is 6.22. The first-order valence-electron chi connectivity index (χ1n) is 4.31. The van der Waals surface area contributed by atoms with E-state index in [9.17, 15) is 8.78 Å². The van der Waals surface area contributed by atoms with Gasteiger partial charge in [0.2, 0.25) is 0 Å². The fraction of sp³-hybridized carbons (Fsp3) is 0.0909. The van der Waals surface area contributed by atoms with Crippen molar-refractivity contribution < 1.29 is 13.2 Å². The van der Waals surface area contributed by atoms with Crippen molar-refractivity contribution in [3.05, 3.63) is 59.6 Å². The Labute approximate surface area is 90.3 Å². The van der Waals surface area contributed by atoms with Crippen LogP contribution in [-0.4, -0.2) is 0 Å². The maximum Gasteiger partial charge on any atom is 0.128 e. The Bertz CT molecular complexity index is 454. The van der Waals surface area contributed by atoms with Gasteiger partial charge in [0, 0.05) is 5.56 Å². The van der Waals surface area contributed by atoms with Crippen molar-refractivity contribution in [3.8, 4) is 0 Å². The minimum atomic E-state index is -0.810. The van der Waals surface area contributed by atoms with E-state index < -0.39 is 17.0 Å². The minimum Gasteiger partial charge on any atom is -0.467 e. The van der Waals surface area contributed by atoms with E-state index in [1.807, 2.05) is 0 Å². The topological polar surface area (TPSA) is 13.1 Å². The van der Waals surface area contributed by atoms with Gasteiger partial charge in [-0.1, -0.05) is 0 Å². The van der Waals surface area contributed by atoms with Gasteiger partial charge in [-0.2, -0.15) is 0 Å². The third-order valence-corrected chi connectivity index (χ3v) is 2.47. The zero-order chi connectivity index (χ0) is 10.8. The summed E-state index contributed by atoms with van der Waals surface area (Å²) in [5.41, 5.74) is 0.0756. The first-order chi connectivity index (χ1) is 7.18. The smallest absolute Gasteiger partial charge is 0.128 e. The second-order valence-electron chi connectivity index (χ2n) is 3.04. The molecule has 1 aromatic carbocycles. The third-order valence-electron chi connectivity index (χ3n) is 2.02. The Kier molecular flexibility index (Phi) is 2.73. The van der Waals surface area contributed by atoms with Crippen molar-refractivity contribution >= 4 is 11.6 Å². The molecule has 0 aliphatic carbocycles. The van der Waals surface area contributed by atoms with Crippen molar-refractivity contribution in [1.82, 2.24) is 0 Å². The molecule has 1 heterocycles. The van der Waals surface area contributed by atoms with Crippen LogP contribution in [0.5, 0.6) is 0 Å². The van der Waals surface area contributed by atoms with Crippen LogP contribution in [0.4, 0.5) is 8.78 Å². The number of hydrogen-bond donors (Lipinski definition) is 0. The van der Waals surface area contributed by atoms with E-state index in [4.69, 9.17) is 16.0 Å². The van der Waals surface area contributed by atoms with E-state index >= 15 is 0 Å². The van der Waals surface area contributed by atoms with Crippen molar-refractivity contribution in [1.29, 1.82) is 0 Å². The fourth-order valence-corrected chi connectivity index (χ4v) is 1.59. The van der Waals surface area contributed by atoms with Gasteiger partial charge in [-0.05, 0) is 30.3 Å². The molecule has 1 nitrogen and oxygen atoms in total. The Morgan fingerprint density at radius 2 is 2.00 bits per heavy atom. The molecule has 0 saturated carbocycles. The molecule has 0 fully saturated rings. The molecule has 0 aliphatic rings. The number of halogens is 3. The molecule has 4 heteroatoms. The Balaban J connectivity index is 2.41. The number of rotatable bonds is 2. The van der Waals surface area contributed by atoms with Gasteiger partial charge in [0.15, 0.2) is 0 Å². The molecule has 2 aromatic rings. The molecule has 0 amide bonds. The lowest BCUT2D eigenvalue weighted by Gasteiger charge is -2.07. The second-order valence-corrected chi connectivity index (χ2v) is 3.48. The Hall–Kier alpha value is -1.35. The summed E-state index contributed by atoms with van der Waals surface area (Å²) in [6.07, 6.45) is 1.43. The molecule has 1 aromatic heterocycles. The van der Waals surface area contributed by atoms with Crippen LogP contribution < -0.4 is 0 Å². The largest absolute Gasteiger partial charge is 0.467 e. The van der Waals surface area contributed by atoms with Gasteiger partial charge in [0.05, 0.1) is 6.26 Å². The zero-order valence-corrected chi connectivity index (χ0v) is 8.34. The number of hydrogen-bond acceptors (Lipinski definition) is 1. The van der Waals surface area contributed by atoms with Gasteiger partial charge < -0.3 is 4.42 Å². The standard InChI is InChI=1S/C11H7ClF2O/c12-11(10-2-1-5-15-10)8-6-7(13)3-4-9(8)14/h1-6,11H. The molecule has 0 N–H and O–H groups in total. The lowest BCUT2D eigenvalue weighted by molar-refractivity contribution is 0.507. The van der Waals surface area contributed by atoms with E-state index in [-0.39, 0.29) is 5.56 Å². The van der Waals surface area contributed by atoms with Crippen LogP contribution in [0.2, 0.25) is 0 Å². The summed E-state index contributed by atoms with van der Waals surface area (Å²) in [6, 6.07) is 6.41. The van der Waals surface area contributed by atoms with Gasteiger partial charge in [0.1, 0.15) is 22.8 Å². The average molecular weight is 229 g/mol. The third kappa shape index (κ3) is 2.02. The summed E-state index contributed by atoms with van der Waals surface area (Å²) in [7, 11) is 0. The molecule has 0 radical (unpaired) electrons. The lowest BCUT2D eigenvalue weighted by Crippen LogP contribution is -1.96. The molecular weight excluding hydrogens is 222 g/mol. The van der Waals surface area contributed by atoms with Crippen molar-refractivity contribution in [2.24, 2.45) is 0 Å². The molecular formula is C11H7ClF2O. The van der Waals surface area contributed by atoms with Crippen molar-refractivity contribution in [3.63, 3.8) is 0 Å². The number of benzene rings is 1. The van der Waals surface area contributed by atoms with E-state index in [1.54, 1.807) is 12.1 Å². The van der Waals surface area contributed by atoms with Crippen molar-refractivity contribution in [2.75, 3.05) is 0 Å². The molecule has 2 rings (SSSR count). The van der Waals surface area contributed by atoms with Crippen molar-refractivity contribution in [2.45, 2.75) is 5.38 Å². The molecule has 0 spiro atoms. The van der Waals surface area contributed by atoms with Crippen LogP contribution in [0.3, 0.4) is 0 Å². The molecule has 0 bridgehead atoms. The predicted molar refractivity (Wildman–Crippen MR) is 52.8 cm³/mol. The van der Waals surface area contributed by atoms with Gasteiger partial charge >= 0.3 is 0 Å². The first-order valence-corrected chi connectivity index (χ1v) is 4.74. The average Bonchev–Trinajstić information content (AvgIpc) is 2.74. The summed E-state index contributed by atoms with van der Waals surface area (Å²) < 4.78 is 31.2. The molecule has 0 aliphatic heterocycles. The zero-order valence-electron chi connectivity index (χ0n) is 7.58. The van der Waals surface area contributed by atoms with Crippen LogP contribution in [0.1, 0.15) is 16.7 Å². The summed E-state index contributed by atoms with van der Waals surface area (Å²) in [6.45, 7) is 0. The van der Waals surface area contributed by atoms with Crippen LogP contribution >= 0.6 is 11.6 Å². The number of alkyl halides is 1. The highest BCUT2D eigenvalue weighted by Gasteiger charge is 2.18. The summed E-state index contributed by atoms with van der Waals surface area (Å²) in [5, 5.41) is -0.810. The molecule has 0 saturated heterocycles. The quantitative estimate of drug-likeness (QED) is 0.711. The SMILES string of the molecule is Fc1ccc(F)c(C(Cl)c2ccco2)c1. The predicted octanol–water partition coefficient (Wildman–Crippen LogP) is 3.89. The monoisotopic (exact) mass is 228 g/mol. The van der Waals surface area contributed by atoms with Gasteiger partial charge in [0.25, 0.3) is 0 Å². The molecule has 15 heavy (non-hydrogen) atoms. The Morgan fingerprint density at radius 3 is 2.67 bits per heavy atom. The summed E-state index contributed by atoms with van der Waals surface area (Å²) in [5.74, 6) is -0.683. The molecule has 1 unspecified atom stereocenters. The van der Waals surface area contributed by atoms with Crippen LogP contribution in [0.15, 0.2) is 41.0 Å². The van der Waals surface area contributed by atoms with E-state index in [0.717, 1.165) is 18.2 Å². The molecule has 78 valence electrons. The molecule has 1 atom stereocenters. The Morgan fingerprint density at radius 1 is 1.20 bits per heavy atom. The maximum absolute atomic E-state index is 13.3. The lowest BCUT2D eigenvalue weighted by atomic mass is 10.1. The van der Waals surface area contributed by atoms with E-state index in [1.165, 1.54) is 6.26 Å².